The van der Waals surface area contributed by atoms with E-state index in [1.54, 1.807) is 14.0 Å². The van der Waals surface area contributed by atoms with Crippen molar-refractivity contribution in [1.82, 2.24) is 0 Å². The number of carbonyl (C=O) groups excluding carboxylic acids is 1. The van der Waals surface area contributed by atoms with Crippen molar-refractivity contribution in [1.29, 1.82) is 0 Å². The van der Waals surface area contributed by atoms with E-state index in [1.807, 2.05) is 48.5 Å². The zero-order chi connectivity index (χ0) is 15.9. The quantitative estimate of drug-likeness (QED) is 0.583. The van der Waals surface area contributed by atoms with Crippen molar-refractivity contribution < 1.29 is 14.3 Å². The molecule has 0 saturated carbocycles. The summed E-state index contributed by atoms with van der Waals surface area (Å²) in [5, 5.41) is 0. The van der Waals surface area contributed by atoms with Crippen molar-refractivity contribution in [2.45, 2.75) is 6.92 Å². The van der Waals surface area contributed by atoms with Crippen LogP contribution in [0.5, 0.6) is 5.75 Å². The molecule has 0 bridgehead atoms. The Balaban J connectivity index is 2.47. The minimum Gasteiger partial charge on any atom is -0.497 e. The largest absolute Gasteiger partial charge is 0.497 e. The van der Waals surface area contributed by atoms with Crippen LogP contribution in [0.3, 0.4) is 0 Å². The molecule has 0 unspecified atom stereocenters. The first-order valence-corrected chi connectivity index (χ1v) is 7.72. The van der Waals surface area contributed by atoms with Gasteiger partial charge < -0.3 is 9.47 Å². The Kier molecular flexibility index (Phi) is 5.78. The van der Waals surface area contributed by atoms with Crippen LogP contribution in [0.25, 0.3) is 5.57 Å². The molecule has 0 N–H and O–H groups in total. The van der Waals surface area contributed by atoms with Crippen molar-refractivity contribution in [2.24, 2.45) is 0 Å². The summed E-state index contributed by atoms with van der Waals surface area (Å²) in [4.78, 5) is 11.9. The molecule has 0 heterocycles. The number of rotatable bonds is 5. The Bertz CT molecular complexity index is 675. The molecule has 22 heavy (non-hydrogen) atoms. The minimum absolute atomic E-state index is 0.351. The number of hydrogen-bond acceptors (Lipinski definition) is 3. The van der Waals surface area contributed by atoms with E-state index in [9.17, 15) is 4.79 Å². The average molecular weight is 361 g/mol. The van der Waals surface area contributed by atoms with E-state index in [2.05, 4.69) is 15.9 Å². The number of benzene rings is 2. The SMILES string of the molecule is CCOC(=O)/C=C(\c1ccc(OC)cc1)c1cccc(Br)c1. The first kappa shape index (κ1) is 16.3. The summed E-state index contributed by atoms with van der Waals surface area (Å²) in [7, 11) is 1.62. The average Bonchev–Trinajstić information content (AvgIpc) is 2.53. The van der Waals surface area contributed by atoms with Crippen molar-refractivity contribution in [3.63, 3.8) is 0 Å². The van der Waals surface area contributed by atoms with Crippen LogP contribution in [-0.4, -0.2) is 19.7 Å². The van der Waals surface area contributed by atoms with Crippen LogP contribution in [0.2, 0.25) is 0 Å². The van der Waals surface area contributed by atoms with Crippen LogP contribution in [0.1, 0.15) is 18.1 Å². The normalized spacial score (nSPS) is 11.1. The van der Waals surface area contributed by atoms with E-state index in [0.29, 0.717) is 6.61 Å². The van der Waals surface area contributed by atoms with Gasteiger partial charge in [0, 0.05) is 10.5 Å². The molecule has 0 spiro atoms. The molecule has 4 heteroatoms. The Labute approximate surface area is 138 Å². The van der Waals surface area contributed by atoms with E-state index in [-0.39, 0.29) is 5.97 Å². The lowest BCUT2D eigenvalue weighted by atomic mass is 9.97. The maximum Gasteiger partial charge on any atom is 0.331 e. The van der Waals surface area contributed by atoms with Crippen LogP contribution in [-0.2, 0) is 9.53 Å². The minimum atomic E-state index is -0.353. The van der Waals surface area contributed by atoms with Gasteiger partial charge in [0.05, 0.1) is 13.7 Å². The molecular formula is C18H17BrO3. The smallest absolute Gasteiger partial charge is 0.331 e. The third-order valence-corrected chi connectivity index (χ3v) is 3.58. The third-order valence-electron chi connectivity index (χ3n) is 3.09. The van der Waals surface area contributed by atoms with Crippen molar-refractivity contribution in [3.8, 4) is 5.75 Å². The van der Waals surface area contributed by atoms with Crippen LogP contribution in [0.15, 0.2) is 59.1 Å². The van der Waals surface area contributed by atoms with Gasteiger partial charge in [0.25, 0.3) is 0 Å². The molecule has 0 aromatic heterocycles. The summed E-state index contributed by atoms with van der Waals surface area (Å²) >= 11 is 3.46. The Morgan fingerprint density at radius 3 is 2.45 bits per heavy atom. The molecule has 0 amide bonds. The lowest BCUT2D eigenvalue weighted by Gasteiger charge is -2.10. The van der Waals surface area contributed by atoms with Crippen LogP contribution < -0.4 is 4.74 Å². The second kappa shape index (κ2) is 7.80. The molecule has 3 nitrogen and oxygen atoms in total. The van der Waals surface area contributed by atoms with E-state index in [1.165, 1.54) is 6.08 Å². The molecule has 2 aromatic carbocycles. The molecule has 0 aliphatic rings. The summed E-state index contributed by atoms with van der Waals surface area (Å²) in [6, 6.07) is 15.4. The molecule has 0 fully saturated rings. The van der Waals surface area contributed by atoms with E-state index >= 15 is 0 Å². The second-order valence-electron chi connectivity index (χ2n) is 4.55. The zero-order valence-corrected chi connectivity index (χ0v) is 14.1. The first-order valence-electron chi connectivity index (χ1n) is 6.93. The fraction of sp³-hybridized carbons (Fsp3) is 0.167. The summed E-state index contributed by atoms with van der Waals surface area (Å²) in [5.74, 6) is 0.418. The number of ether oxygens (including phenoxy) is 2. The zero-order valence-electron chi connectivity index (χ0n) is 12.5. The number of hydrogen-bond donors (Lipinski definition) is 0. The molecular weight excluding hydrogens is 344 g/mol. The number of esters is 1. The van der Waals surface area contributed by atoms with Gasteiger partial charge in [0.15, 0.2) is 0 Å². The van der Waals surface area contributed by atoms with Gasteiger partial charge in [-0.2, -0.15) is 0 Å². The maximum absolute atomic E-state index is 11.9. The highest BCUT2D eigenvalue weighted by molar-refractivity contribution is 9.10. The topological polar surface area (TPSA) is 35.5 Å². The number of carbonyl (C=O) groups is 1. The lowest BCUT2D eigenvalue weighted by Crippen LogP contribution is -2.02. The standard InChI is InChI=1S/C18H17BrO3/c1-3-22-18(20)12-17(14-5-4-6-15(19)11-14)13-7-9-16(21-2)10-8-13/h4-12H,3H2,1-2H3/b17-12+. The molecule has 2 rings (SSSR count). The van der Waals surface area contributed by atoms with Gasteiger partial charge >= 0.3 is 5.97 Å². The molecule has 0 saturated heterocycles. The highest BCUT2D eigenvalue weighted by Gasteiger charge is 2.09. The van der Waals surface area contributed by atoms with Crippen LogP contribution in [0.4, 0.5) is 0 Å². The Morgan fingerprint density at radius 1 is 1.14 bits per heavy atom. The highest BCUT2D eigenvalue weighted by atomic mass is 79.9. The molecule has 0 atom stereocenters. The van der Waals surface area contributed by atoms with Gasteiger partial charge in [-0.05, 0) is 47.9 Å². The van der Waals surface area contributed by atoms with Gasteiger partial charge in [0.1, 0.15) is 5.75 Å². The first-order chi connectivity index (χ1) is 10.6. The van der Waals surface area contributed by atoms with Gasteiger partial charge in [-0.1, -0.05) is 40.2 Å². The monoisotopic (exact) mass is 360 g/mol. The predicted octanol–water partition coefficient (Wildman–Crippen LogP) is 4.45. The third kappa shape index (κ3) is 4.21. The number of methoxy groups -OCH3 is 1. The summed E-state index contributed by atoms with van der Waals surface area (Å²) < 4.78 is 11.2. The van der Waals surface area contributed by atoms with Gasteiger partial charge in [-0.25, -0.2) is 4.79 Å². The van der Waals surface area contributed by atoms with E-state index in [4.69, 9.17) is 9.47 Å². The fourth-order valence-corrected chi connectivity index (χ4v) is 2.46. The van der Waals surface area contributed by atoms with Crippen LogP contribution in [0, 0.1) is 0 Å². The van der Waals surface area contributed by atoms with E-state index < -0.39 is 0 Å². The van der Waals surface area contributed by atoms with Crippen molar-refractivity contribution in [2.75, 3.05) is 13.7 Å². The fourth-order valence-electron chi connectivity index (χ4n) is 2.06. The second-order valence-corrected chi connectivity index (χ2v) is 5.46. The highest BCUT2D eigenvalue weighted by Crippen LogP contribution is 2.27. The lowest BCUT2D eigenvalue weighted by molar-refractivity contribution is -0.137. The van der Waals surface area contributed by atoms with Gasteiger partial charge in [-0.3, -0.25) is 0 Å². The molecule has 0 aliphatic heterocycles. The van der Waals surface area contributed by atoms with Crippen molar-refractivity contribution >= 4 is 27.5 Å². The Morgan fingerprint density at radius 2 is 1.86 bits per heavy atom. The molecule has 0 radical (unpaired) electrons. The summed E-state index contributed by atoms with van der Waals surface area (Å²) in [5.41, 5.74) is 2.67. The molecule has 114 valence electrons. The maximum atomic E-state index is 11.9. The van der Waals surface area contributed by atoms with E-state index in [0.717, 1.165) is 26.9 Å². The summed E-state index contributed by atoms with van der Waals surface area (Å²) in [6.07, 6.45) is 1.52. The van der Waals surface area contributed by atoms with Crippen LogP contribution >= 0.6 is 15.9 Å². The predicted molar refractivity (Wildman–Crippen MR) is 90.8 cm³/mol. The van der Waals surface area contributed by atoms with Crippen molar-refractivity contribution in [3.05, 3.63) is 70.2 Å². The molecule has 2 aromatic rings. The number of halogens is 1. The Hall–Kier alpha value is -2.07. The van der Waals surface area contributed by atoms with Gasteiger partial charge in [0.2, 0.25) is 0 Å². The summed E-state index contributed by atoms with van der Waals surface area (Å²) in [6.45, 7) is 2.14. The van der Waals surface area contributed by atoms with Gasteiger partial charge in [-0.15, -0.1) is 0 Å². The molecule has 0 aliphatic carbocycles.